The fourth-order valence-electron chi connectivity index (χ4n) is 2.54. The minimum atomic E-state index is 0.467. The number of aliphatic imine (C=N–C) groups is 1. The van der Waals surface area contributed by atoms with Crippen LogP contribution in [-0.4, -0.2) is 85.6 Å². The molecule has 1 fully saturated rings. The lowest BCUT2D eigenvalue weighted by atomic mass is 10.4. The number of nitrogens with one attached hydrogen (secondary N) is 3. The Morgan fingerprint density at radius 2 is 2.00 bits per heavy atom. The first kappa shape index (κ1) is 21.4. The number of aromatic nitrogens is 2. The number of hydrogen-bond acceptors (Lipinski definition) is 7. The summed E-state index contributed by atoms with van der Waals surface area (Å²) in [6.07, 6.45) is 0. The van der Waals surface area contributed by atoms with Gasteiger partial charge in [-0.3, -0.25) is 15.2 Å². The largest absolute Gasteiger partial charge is 0.383 e. The van der Waals surface area contributed by atoms with Crippen molar-refractivity contribution < 1.29 is 9.47 Å². The predicted molar refractivity (Wildman–Crippen MR) is 110 cm³/mol. The number of thiocarbonyl (C=S) groups is 1. The highest BCUT2D eigenvalue weighted by Gasteiger charge is 2.10. The van der Waals surface area contributed by atoms with E-state index in [1.807, 2.05) is 19.9 Å². The number of methoxy groups -OCH3 is 1. The number of ether oxygens (including phenoxy) is 2. The molecular formula is C17H29N7O2S. The summed E-state index contributed by atoms with van der Waals surface area (Å²) in [5.41, 5.74) is 1.77. The summed E-state index contributed by atoms with van der Waals surface area (Å²) in [7, 11) is 1.65. The Kier molecular flexibility index (Phi) is 9.32. The van der Waals surface area contributed by atoms with Crippen molar-refractivity contribution in [3.05, 3.63) is 17.5 Å². The van der Waals surface area contributed by atoms with Gasteiger partial charge in [0.2, 0.25) is 11.9 Å². The quantitative estimate of drug-likeness (QED) is 0.261. The zero-order chi connectivity index (χ0) is 19.5. The molecule has 0 radical (unpaired) electrons. The van der Waals surface area contributed by atoms with Crippen molar-refractivity contribution in [1.82, 2.24) is 25.5 Å². The Hall–Kier alpha value is -1.88. The Morgan fingerprint density at radius 3 is 2.67 bits per heavy atom. The standard InChI is InChI=1S/C17H29N7O2S/c1-13-12-14(2)21-16(20-13)22-15(23-17(27)19-5-9-25-3)18-4-6-24-7-10-26-11-8-24/h12H,4-11H2,1-3H3,(H3,18,19,20,21,22,23,27). The van der Waals surface area contributed by atoms with Crippen molar-refractivity contribution in [1.29, 1.82) is 0 Å². The Labute approximate surface area is 165 Å². The molecular weight excluding hydrogens is 366 g/mol. The molecule has 0 unspecified atom stereocenters. The van der Waals surface area contributed by atoms with Crippen molar-refractivity contribution in [2.75, 3.05) is 65.0 Å². The number of guanidine groups is 1. The Bertz CT molecular complexity index is 615. The van der Waals surface area contributed by atoms with Gasteiger partial charge in [0.1, 0.15) is 0 Å². The van der Waals surface area contributed by atoms with E-state index in [-0.39, 0.29) is 0 Å². The van der Waals surface area contributed by atoms with Gasteiger partial charge >= 0.3 is 0 Å². The number of nitrogens with zero attached hydrogens (tertiary/aromatic N) is 4. The van der Waals surface area contributed by atoms with E-state index in [0.717, 1.165) is 44.2 Å². The average Bonchev–Trinajstić information content (AvgIpc) is 2.62. The molecule has 0 amide bonds. The number of aryl methyl sites for hydroxylation is 2. The second kappa shape index (κ2) is 11.8. The summed E-state index contributed by atoms with van der Waals surface area (Å²) < 4.78 is 10.4. The van der Waals surface area contributed by atoms with Crippen LogP contribution in [0.15, 0.2) is 11.1 Å². The third kappa shape index (κ3) is 8.57. The maximum atomic E-state index is 5.37. The molecule has 1 saturated heterocycles. The van der Waals surface area contributed by atoms with Crippen LogP contribution >= 0.6 is 12.2 Å². The van der Waals surface area contributed by atoms with Crippen LogP contribution in [0.5, 0.6) is 0 Å². The third-order valence-electron chi connectivity index (χ3n) is 3.83. The van der Waals surface area contributed by atoms with Crippen LogP contribution in [0.2, 0.25) is 0 Å². The van der Waals surface area contributed by atoms with E-state index >= 15 is 0 Å². The number of anilines is 1. The van der Waals surface area contributed by atoms with Crippen LogP contribution in [0.1, 0.15) is 11.4 Å². The molecule has 150 valence electrons. The second-order valence-corrected chi connectivity index (χ2v) is 6.57. The van der Waals surface area contributed by atoms with E-state index < -0.39 is 0 Å². The molecule has 27 heavy (non-hydrogen) atoms. The summed E-state index contributed by atoms with van der Waals surface area (Å²) >= 11 is 5.32. The topological polar surface area (TPSA) is 95.9 Å². The van der Waals surface area contributed by atoms with Crippen LogP contribution in [-0.2, 0) is 9.47 Å². The van der Waals surface area contributed by atoms with Crippen LogP contribution in [0.25, 0.3) is 0 Å². The fourth-order valence-corrected chi connectivity index (χ4v) is 2.74. The maximum Gasteiger partial charge on any atom is 0.229 e. The number of morpholine rings is 1. The molecule has 9 nitrogen and oxygen atoms in total. The first-order chi connectivity index (χ1) is 13.1. The van der Waals surface area contributed by atoms with E-state index in [2.05, 4.69) is 35.8 Å². The maximum absolute atomic E-state index is 5.37. The second-order valence-electron chi connectivity index (χ2n) is 6.16. The van der Waals surface area contributed by atoms with E-state index in [1.54, 1.807) is 7.11 Å². The molecule has 2 heterocycles. The van der Waals surface area contributed by atoms with Gasteiger partial charge in [-0.2, -0.15) is 0 Å². The van der Waals surface area contributed by atoms with Crippen molar-refractivity contribution in [2.24, 2.45) is 4.99 Å². The molecule has 0 atom stereocenters. The van der Waals surface area contributed by atoms with Gasteiger partial charge in [-0.1, -0.05) is 0 Å². The number of rotatable bonds is 7. The molecule has 1 aliphatic rings. The third-order valence-corrected chi connectivity index (χ3v) is 4.07. The summed E-state index contributed by atoms with van der Waals surface area (Å²) in [4.78, 5) is 15.7. The van der Waals surface area contributed by atoms with Crippen LogP contribution in [0, 0.1) is 13.8 Å². The molecule has 1 aromatic heterocycles. The molecule has 0 spiro atoms. The van der Waals surface area contributed by atoms with Gasteiger partial charge in [-0.25, -0.2) is 9.97 Å². The molecule has 2 rings (SSSR count). The van der Waals surface area contributed by atoms with Gasteiger partial charge < -0.3 is 20.1 Å². The average molecular weight is 396 g/mol. The van der Waals surface area contributed by atoms with E-state index in [9.17, 15) is 0 Å². The van der Waals surface area contributed by atoms with Crippen LogP contribution < -0.4 is 16.0 Å². The van der Waals surface area contributed by atoms with Gasteiger partial charge in [0.15, 0.2) is 5.11 Å². The molecule has 10 heteroatoms. The van der Waals surface area contributed by atoms with Gasteiger partial charge in [-0.05, 0) is 32.1 Å². The molecule has 0 aliphatic carbocycles. The van der Waals surface area contributed by atoms with Gasteiger partial charge in [0.25, 0.3) is 0 Å². The number of hydrogen-bond donors (Lipinski definition) is 3. The molecule has 0 aromatic carbocycles. The summed E-state index contributed by atoms with van der Waals surface area (Å²) in [5, 5.41) is 9.75. The lowest BCUT2D eigenvalue weighted by molar-refractivity contribution is 0.0394. The normalized spacial score (nSPS) is 15.4. The first-order valence-corrected chi connectivity index (χ1v) is 9.45. The minimum absolute atomic E-state index is 0.467. The van der Waals surface area contributed by atoms with Crippen molar-refractivity contribution in [2.45, 2.75) is 13.8 Å². The molecule has 3 N–H and O–H groups in total. The summed E-state index contributed by atoms with van der Waals surface area (Å²) in [6.45, 7) is 9.94. The highest BCUT2D eigenvalue weighted by Crippen LogP contribution is 2.03. The zero-order valence-corrected chi connectivity index (χ0v) is 17.1. The van der Waals surface area contributed by atoms with Crippen molar-refractivity contribution in [3.63, 3.8) is 0 Å². The highest BCUT2D eigenvalue weighted by molar-refractivity contribution is 7.80. The van der Waals surface area contributed by atoms with Crippen molar-refractivity contribution >= 4 is 29.2 Å². The van der Waals surface area contributed by atoms with E-state index in [4.69, 9.17) is 21.7 Å². The molecule has 0 bridgehead atoms. The molecule has 0 saturated carbocycles. The Morgan fingerprint density at radius 1 is 1.30 bits per heavy atom. The lowest BCUT2D eigenvalue weighted by Crippen LogP contribution is -2.44. The first-order valence-electron chi connectivity index (χ1n) is 9.04. The van der Waals surface area contributed by atoms with E-state index in [1.165, 1.54) is 0 Å². The van der Waals surface area contributed by atoms with Gasteiger partial charge in [0.05, 0.1) is 26.4 Å². The van der Waals surface area contributed by atoms with Gasteiger partial charge in [0, 0.05) is 44.7 Å². The highest BCUT2D eigenvalue weighted by atomic mass is 32.1. The fraction of sp³-hybridized carbons (Fsp3) is 0.647. The van der Waals surface area contributed by atoms with E-state index in [0.29, 0.717) is 36.7 Å². The lowest BCUT2D eigenvalue weighted by Gasteiger charge is -2.25. The monoisotopic (exact) mass is 395 g/mol. The van der Waals surface area contributed by atoms with Crippen LogP contribution in [0.4, 0.5) is 5.95 Å². The van der Waals surface area contributed by atoms with Crippen molar-refractivity contribution in [3.8, 4) is 0 Å². The molecule has 1 aromatic rings. The minimum Gasteiger partial charge on any atom is -0.383 e. The smallest absolute Gasteiger partial charge is 0.229 e. The Balaban J connectivity index is 1.97. The molecule has 1 aliphatic heterocycles. The van der Waals surface area contributed by atoms with Gasteiger partial charge in [-0.15, -0.1) is 0 Å². The zero-order valence-electron chi connectivity index (χ0n) is 16.2. The van der Waals surface area contributed by atoms with Crippen LogP contribution in [0.3, 0.4) is 0 Å². The summed E-state index contributed by atoms with van der Waals surface area (Å²) in [6, 6.07) is 1.92. The predicted octanol–water partition coefficient (Wildman–Crippen LogP) is 0.304. The SMILES string of the molecule is COCCNC(=S)NC(=NCCN1CCOCC1)Nc1nc(C)cc(C)n1. The summed E-state index contributed by atoms with van der Waals surface area (Å²) in [5.74, 6) is 1.01.